The van der Waals surface area contributed by atoms with Crippen LogP contribution < -0.4 is 0 Å². The maximum atomic E-state index is 11.4. The molecule has 0 bridgehead atoms. The summed E-state index contributed by atoms with van der Waals surface area (Å²) < 4.78 is 5.27. The molecule has 0 aliphatic carbocycles. The van der Waals surface area contributed by atoms with Crippen LogP contribution >= 0.6 is 0 Å². The highest BCUT2D eigenvalue weighted by Gasteiger charge is 2.25. The van der Waals surface area contributed by atoms with Crippen LogP contribution in [0.25, 0.3) is 0 Å². The van der Waals surface area contributed by atoms with E-state index in [4.69, 9.17) is 4.74 Å². The predicted octanol–water partition coefficient (Wildman–Crippen LogP) is 0.257. The lowest BCUT2D eigenvalue weighted by atomic mass is 10.2. The summed E-state index contributed by atoms with van der Waals surface area (Å²) in [6, 6.07) is 0. The molecule has 1 rings (SSSR count). The maximum absolute atomic E-state index is 11.4. The number of nitrogens with zero attached hydrogens (tertiary/aromatic N) is 1. The molecule has 0 aromatic carbocycles. The van der Waals surface area contributed by atoms with E-state index < -0.39 is 0 Å². The normalized spacial score (nSPS) is 23.3. The highest BCUT2D eigenvalue weighted by atomic mass is 16.5. The second kappa shape index (κ2) is 4.13. The first-order valence-electron chi connectivity index (χ1n) is 4.02. The fourth-order valence-electron chi connectivity index (χ4n) is 1.10. The molecule has 0 aromatic heterocycles. The van der Waals surface area contributed by atoms with Crippen molar-refractivity contribution in [2.24, 2.45) is 0 Å². The Labute approximate surface area is 72.7 Å². The summed E-state index contributed by atoms with van der Waals surface area (Å²) in [7, 11) is 1.79. The summed E-state index contributed by atoms with van der Waals surface area (Å²) in [5.74, 6) is 5.64. The van der Waals surface area contributed by atoms with Crippen molar-refractivity contribution in [3.63, 3.8) is 0 Å². The molecular formula is C9H13NO2. The van der Waals surface area contributed by atoms with Crippen molar-refractivity contribution in [1.29, 1.82) is 0 Å². The zero-order valence-electron chi connectivity index (χ0n) is 7.46. The minimum absolute atomic E-state index is 0.0454. The summed E-state index contributed by atoms with van der Waals surface area (Å²) in [5.41, 5.74) is 0. The van der Waals surface area contributed by atoms with Crippen molar-refractivity contribution >= 4 is 5.91 Å². The summed E-state index contributed by atoms with van der Waals surface area (Å²) >= 11 is 0. The van der Waals surface area contributed by atoms with Gasteiger partial charge in [-0.1, -0.05) is 0 Å². The fraction of sp³-hybridized carbons (Fsp3) is 0.667. The van der Waals surface area contributed by atoms with Crippen LogP contribution in [0.4, 0.5) is 0 Å². The first-order valence-corrected chi connectivity index (χ1v) is 4.02. The molecule has 1 amide bonds. The molecule has 66 valence electrons. The van der Waals surface area contributed by atoms with E-state index in [-0.39, 0.29) is 12.0 Å². The average Bonchev–Trinajstić information content (AvgIpc) is 2.08. The van der Waals surface area contributed by atoms with Crippen LogP contribution in [0.3, 0.4) is 0 Å². The molecule has 0 aromatic rings. The molecule has 1 fully saturated rings. The van der Waals surface area contributed by atoms with Gasteiger partial charge in [-0.05, 0) is 6.92 Å². The third kappa shape index (κ3) is 1.99. The van der Waals surface area contributed by atoms with Gasteiger partial charge in [0.2, 0.25) is 0 Å². The van der Waals surface area contributed by atoms with Crippen LogP contribution in [-0.4, -0.2) is 37.1 Å². The lowest BCUT2D eigenvalue weighted by Crippen LogP contribution is -2.45. The first-order chi connectivity index (χ1) is 5.75. The lowest BCUT2D eigenvalue weighted by Gasteiger charge is -2.28. The van der Waals surface area contributed by atoms with Gasteiger partial charge in [0.1, 0.15) is 6.10 Å². The zero-order valence-corrected chi connectivity index (χ0v) is 7.46. The number of likely N-dealkylation sites (N-methyl/N-ethyl adjacent to an activating group) is 1. The SMILES string of the molecule is CC#CCC1OCCN(C)C1=O. The van der Waals surface area contributed by atoms with E-state index in [9.17, 15) is 4.79 Å². The van der Waals surface area contributed by atoms with E-state index >= 15 is 0 Å². The molecule has 1 saturated heterocycles. The Morgan fingerprint density at radius 3 is 3.17 bits per heavy atom. The molecule has 1 unspecified atom stereocenters. The fourth-order valence-corrected chi connectivity index (χ4v) is 1.10. The molecule has 0 spiro atoms. The van der Waals surface area contributed by atoms with E-state index in [0.29, 0.717) is 19.6 Å². The number of hydrogen-bond acceptors (Lipinski definition) is 2. The lowest BCUT2D eigenvalue weighted by molar-refractivity contribution is -0.150. The van der Waals surface area contributed by atoms with Gasteiger partial charge in [0.25, 0.3) is 5.91 Å². The number of hydrogen-bond donors (Lipinski definition) is 0. The number of carbonyl (C=O) groups is 1. The second-order valence-electron chi connectivity index (χ2n) is 2.75. The van der Waals surface area contributed by atoms with Gasteiger partial charge in [-0.3, -0.25) is 4.79 Å². The van der Waals surface area contributed by atoms with Crippen LogP contribution in [0.2, 0.25) is 0 Å². The molecule has 1 atom stereocenters. The smallest absolute Gasteiger partial charge is 0.252 e. The van der Waals surface area contributed by atoms with E-state index in [0.717, 1.165) is 0 Å². The van der Waals surface area contributed by atoms with Crippen LogP contribution in [0, 0.1) is 11.8 Å². The number of carbonyl (C=O) groups excluding carboxylic acids is 1. The predicted molar refractivity (Wildman–Crippen MR) is 45.4 cm³/mol. The quantitative estimate of drug-likeness (QED) is 0.524. The maximum Gasteiger partial charge on any atom is 0.252 e. The molecule has 12 heavy (non-hydrogen) atoms. The third-order valence-electron chi connectivity index (χ3n) is 1.86. The van der Waals surface area contributed by atoms with Gasteiger partial charge < -0.3 is 9.64 Å². The molecular weight excluding hydrogens is 154 g/mol. The molecule has 0 N–H and O–H groups in total. The van der Waals surface area contributed by atoms with Crippen molar-refractivity contribution in [3.8, 4) is 11.8 Å². The van der Waals surface area contributed by atoms with Crippen molar-refractivity contribution in [2.45, 2.75) is 19.4 Å². The van der Waals surface area contributed by atoms with Crippen LogP contribution in [0.1, 0.15) is 13.3 Å². The van der Waals surface area contributed by atoms with Gasteiger partial charge in [-0.2, -0.15) is 0 Å². The molecule has 1 aliphatic rings. The van der Waals surface area contributed by atoms with Gasteiger partial charge in [0.05, 0.1) is 6.61 Å². The van der Waals surface area contributed by atoms with Crippen molar-refractivity contribution in [2.75, 3.05) is 20.2 Å². The van der Waals surface area contributed by atoms with Gasteiger partial charge >= 0.3 is 0 Å². The third-order valence-corrected chi connectivity index (χ3v) is 1.86. The second-order valence-corrected chi connectivity index (χ2v) is 2.75. The highest BCUT2D eigenvalue weighted by Crippen LogP contribution is 2.07. The summed E-state index contributed by atoms with van der Waals surface area (Å²) in [5, 5.41) is 0. The average molecular weight is 167 g/mol. The highest BCUT2D eigenvalue weighted by molar-refractivity contribution is 5.81. The van der Waals surface area contributed by atoms with Gasteiger partial charge in [0, 0.05) is 20.0 Å². The summed E-state index contributed by atoms with van der Waals surface area (Å²) in [4.78, 5) is 13.1. The molecule has 3 nitrogen and oxygen atoms in total. The van der Waals surface area contributed by atoms with Crippen molar-refractivity contribution < 1.29 is 9.53 Å². The van der Waals surface area contributed by atoms with Crippen LogP contribution in [0.15, 0.2) is 0 Å². The monoisotopic (exact) mass is 167 g/mol. The van der Waals surface area contributed by atoms with E-state index in [2.05, 4.69) is 11.8 Å². The number of ether oxygens (including phenoxy) is 1. The first kappa shape index (κ1) is 9.08. The number of amides is 1. The standard InChI is InChI=1S/C9H13NO2/c1-3-4-5-8-9(11)10(2)6-7-12-8/h8H,5-7H2,1-2H3. The van der Waals surface area contributed by atoms with Crippen LogP contribution in [0.5, 0.6) is 0 Å². The molecule has 0 saturated carbocycles. The topological polar surface area (TPSA) is 29.5 Å². The molecule has 1 aliphatic heterocycles. The minimum Gasteiger partial charge on any atom is -0.366 e. The number of morpholine rings is 1. The van der Waals surface area contributed by atoms with Crippen LogP contribution in [-0.2, 0) is 9.53 Å². The number of rotatable bonds is 1. The van der Waals surface area contributed by atoms with E-state index in [1.807, 2.05) is 0 Å². The Kier molecular flexibility index (Phi) is 3.12. The van der Waals surface area contributed by atoms with E-state index in [1.54, 1.807) is 18.9 Å². The molecule has 0 radical (unpaired) electrons. The van der Waals surface area contributed by atoms with Crippen molar-refractivity contribution in [3.05, 3.63) is 0 Å². The van der Waals surface area contributed by atoms with Crippen molar-refractivity contribution in [1.82, 2.24) is 4.90 Å². The largest absolute Gasteiger partial charge is 0.366 e. The molecule has 3 heteroatoms. The Morgan fingerprint density at radius 1 is 1.75 bits per heavy atom. The Balaban J connectivity index is 2.50. The van der Waals surface area contributed by atoms with E-state index in [1.165, 1.54) is 0 Å². The molecule has 1 heterocycles. The van der Waals surface area contributed by atoms with Gasteiger partial charge in [-0.25, -0.2) is 0 Å². The Morgan fingerprint density at radius 2 is 2.50 bits per heavy atom. The Bertz CT molecular complexity index is 226. The minimum atomic E-state index is -0.337. The summed E-state index contributed by atoms with van der Waals surface area (Å²) in [6.45, 7) is 3.07. The van der Waals surface area contributed by atoms with Gasteiger partial charge in [0.15, 0.2) is 0 Å². The Hall–Kier alpha value is -1.01. The van der Waals surface area contributed by atoms with Gasteiger partial charge in [-0.15, -0.1) is 11.8 Å². The summed E-state index contributed by atoms with van der Waals surface area (Å²) in [6.07, 6.45) is 0.177. The zero-order chi connectivity index (χ0) is 8.97.